The van der Waals surface area contributed by atoms with Gasteiger partial charge in [-0.25, -0.2) is 0 Å². The fourth-order valence-electron chi connectivity index (χ4n) is 2.05. The minimum atomic E-state index is -4.40. The number of hydrogen-bond donors (Lipinski definition) is 2. The first-order valence-corrected chi connectivity index (χ1v) is 7.28. The smallest absolute Gasteiger partial charge is 0.355 e. The van der Waals surface area contributed by atoms with Crippen LogP contribution in [0.4, 0.5) is 18.9 Å². The summed E-state index contributed by atoms with van der Waals surface area (Å²) < 4.78 is 37.5. The minimum absolute atomic E-state index is 0.307. The Kier molecular flexibility index (Phi) is 5.59. The highest BCUT2D eigenvalue weighted by molar-refractivity contribution is 6.07. The largest absolute Gasteiger partial charge is 0.416 e. The first kappa shape index (κ1) is 18.3. The lowest BCUT2D eigenvalue weighted by molar-refractivity contribution is -0.137. The van der Waals surface area contributed by atoms with Crippen molar-refractivity contribution in [3.63, 3.8) is 0 Å². The van der Waals surface area contributed by atoms with Gasteiger partial charge in [-0.2, -0.15) is 13.2 Å². The summed E-state index contributed by atoms with van der Waals surface area (Å²) in [6.45, 7) is 0. The standard InChI is InChI=1S/C18H15F3N2O2/c1-22-17(25)14-4-2-3-5-15(14)23-16(24)11-8-12-6-9-13(10-7-12)18(19,20)21/h2-11H,1H3,(H,22,25)(H,23,24)/b11-8+. The van der Waals surface area contributed by atoms with Gasteiger partial charge in [0.1, 0.15) is 0 Å². The van der Waals surface area contributed by atoms with Crippen LogP contribution in [-0.2, 0) is 11.0 Å². The van der Waals surface area contributed by atoms with Crippen molar-refractivity contribution in [2.45, 2.75) is 6.18 Å². The maximum Gasteiger partial charge on any atom is 0.416 e. The summed E-state index contributed by atoms with van der Waals surface area (Å²) in [5, 5.41) is 5.04. The highest BCUT2D eigenvalue weighted by Gasteiger charge is 2.29. The van der Waals surface area contributed by atoms with Crippen molar-refractivity contribution in [1.29, 1.82) is 0 Å². The van der Waals surface area contributed by atoms with Crippen LogP contribution < -0.4 is 10.6 Å². The van der Waals surface area contributed by atoms with Crippen molar-refractivity contribution < 1.29 is 22.8 Å². The Morgan fingerprint density at radius 2 is 1.64 bits per heavy atom. The molecule has 0 unspecified atom stereocenters. The number of benzene rings is 2. The molecule has 2 aromatic carbocycles. The third-order valence-corrected chi connectivity index (χ3v) is 3.32. The molecule has 0 bridgehead atoms. The maximum absolute atomic E-state index is 12.5. The minimum Gasteiger partial charge on any atom is -0.355 e. The molecule has 0 atom stereocenters. The van der Waals surface area contributed by atoms with Crippen LogP contribution in [0.3, 0.4) is 0 Å². The van der Waals surface area contributed by atoms with Gasteiger partial charge in [0.05, 0.1) is 16.8 Å². The molecule has 0 fully saturated rings. The maximum atomic E-state index is 12.5. The van der Waals surface area contributed by atoms with Crippen LogP contribution >= 0.6 is 0 Å². The van der Waals surface area contributed by atoms with Crippen LogP contribution in [0.2, 0.25) is 0 Å². The van der Waals surface area contributed by atoms with Gasteiger partial charge < -0.3 is 10.6 Å². The number of nitrogens with one attached hydrogen (secondary N) is 2. The number of para-hydroxylation sites is 1. The highest BCUT2D eigenvalue weighted by atomic mass is 19.4. The van der Waals surface area contributed by atoms with E-state index in [1.54, 1.807) is 24.3 Å². The van der Waals surface area contributed by atoms with Gasteiger partial charge in [0.2, 0.25) is 5.91 Å². The average Bonchev–Trinajstić information content (AvgIpc) is 2.59. The number of amides is 2. The van der Waals surface area contributed by atoms with Crippen LogP contribution in [0.1, 0.15) is 21.5 Å². The SMILES string of the molecule is CNC(=O)c1ccccc1NC(=O)/C=C/c1ccc(C(F)(F)F)cc1. The van der Waals surface area contributed by atoms with Gasteiger partial charge in [-0.1, -0.05) is 24.3 Å². The molecule has 0 heterocycles. The predicted octanol–water partition coefficient (Wildman–Crippen LogP) is 3.72. The van der Waals surface area contributed by atoms with Crippen molar-refractivity contribution in [1.82, 2.24) is 5.32 Å². The van der Waals surface area contributed by atoms with Gasteiger partial charge in [-0.3, -0.25) is 9.59 Å². The van der Waals surface area contributed by atoms with Crippen molar-refractivity contribution in [3.05, 3.63) is 71.3 Å². The zero-order valence-corrected chi connectivity index (χ0v) is 13.2. The molecule has 0 saturated heterocycles. The number of alkyl halides is 3. The summed E-state index contributed by atoms with van der Waals surface area (Å²) in [4.78, 5) is 23.7. The summed E-state index contributed by atoms with van der Waals surface area (Å²) in [6, 6.07) is 10.9. The Morgan fingerprint density at radius 1 is 1.00 bits per heavy atom. The molecule has 0 saturated carbocycles. The van der Waals surface area contributed by atoms with Crippen LogP contribution in [0.5, 0.6) is 0 Å². The molecule has 0 aromatic heterocycles. The molecule has 0 aliphatic carbocycles. The number of halogens is 3. The van der Waals surface area contributed by atoms with Crippen LogP contribution in [0, 0.1) is 0 Å². The van der Waals surface area contributed by atoms with Crippen LogP contribution in [-0.4, -0.2) is 18.9 Å². The molecule has 2 amide bonds. The topological polar surface area (TPSA) is 58.2 Å². The molecule has 130 valence electrons. The van der Waals surface area contributed by atoms with Crippen LogP contribution in [0.15, 0.2) is 54.6 Å². The summed E-state index contributed by atoms with van der Waals surface area (Å²) in [6.07, 6.45) is -1.83. The van der Waals surface area contributed by atoms with Crippen molar-refractivity contribution >= 4 is 23.6 Å². The molecule has 2 N–H and O–H groups in total. The molecule has 0 aliphatic rings. The van der Waals surface area contributed by atoms with E-state index in [0.717, 1.165) is 12.1 Å². The zero-order valence-electron chi connectivity index (χ0n) is 13.2. The van der Waals surface area contributed by atoms with E-state index in [-0.39, 0.29) is 5.91 Å². The molecule has 7 heteroatoms. The van der Waals surface area contributed by atoms with Gasteiger partial charge in [-0.15, -0.1) is 0 Å². The van der Waals surface area contributed by atoms with Crippen molar-refractivity contribution in [2.24, 2.45) is 0 Å². The first-order chi connectivity index (χ1) is 11.8. The molecule has 0 radical (unpaired) electrons. The fourth-order valence-corrected chi connectivity index (χ4v) is 2.05. The second kappa shape index (κ2) is 7.65. The highest BCUT2D eigenvalue weighted by Crippen LogP contribution is 2.29. The number of rotatable bonds is 4. The molecule has 4 nitrogen and oxygen atoms in total. The quantitative estimate of drug-likeness (QED) is 0.828. The molecule has 2 rings (SSSR count). The molecule has 0 spiro atoms. The van der Waals surface area contributed by atoms with Gasteiger partial charge in [0.15, 0.2) is 0 Å². The summed E-state index contributed by atoms with van der Waals surface area (Å²) in [5.41, 5.74) is 0.335. The Balaban J connectivity index is 2.08. The van der Waals surface area contributed by atoms with Crippen molar-refractivity contribution in [2.75, 3.05) is 12.4 Å². The molecular weight excluding hydrogens is 333 g/mol. The summed E-state index contributed by atoms with van der Waals surface area (Å²) in [5.74, 6) is -0.848. The molecule has 25 heavy (non-hydrogen) atoms. The number of carbonyl (C=O) groups is 2. The van der Waals surface area contributed by atoms with Gasteiger partial charge in [0.25, 0.3) is 5.91 Å². The Bertz CT molecular complexity index is 797. The van der Waals surface area contributed by atoms with E-state index >= 15 is 0 Å². The van der Waals surface area contributed by atoms with Crippen molar-refractivity contribution in [3.8, 4) is 0 Å². The third kappa shape index (κ3) is 4.94. The Hall–Kier alpha value is -3.09. The van der Waals surface area contributed by atoms with E-state index in [1.165, 1.54) is 31.3 Å². The van der Waals surface area contributed by atoms with E-state index in [4.69, 9.17) is 0 Å². The number of carbonyl (C=O) groups excluding carboxylic acids is 2. The molecule has 2 aromatic rings. The van der Waals surface area contributed by atoms with E-state index in [1.807, 2.05) is 0 Å². The summed E-state index contributed by atoms with van der Waals surface area (Å²) >= 11 is 0. The number of anilines is 1. The van der Waals surface area contributed by atoms with E-state index in [2.05, 4.69) is 10.6 Å². The fraction of sp³-hybridized carbons (Fsp3) is 0.111. The third-order valence-electron chi connectivity index (χ3n) is 3.32. The number of hydrogen-bond acceptors (Lipinski definition) is 2. The normalized spacial score (nSPS) is 11.4. The van der Waals surface area contributed by atoms with Crippen LogP contribution in [0.25, 0.3) is 6.08 Å². The van der Waals surface area contributed by atoms with E-state index < -0.39 is 17.6 Å². The van der Waals surface area contributed by atoms with Gasteiger partial charge in [0, 0.05) is 13.1 Å². The second-order valence-electron chi connectivity index (χ2n) is 5.07. The molecule has 0 aliphatic heterocycles. The Morgan fingerprint density at radius 3 is 2.24 bits per heavy atom. The van der Waals surface area contributed by atoms with Gasteiger partial charge in [-0.05, 0) is 35.9 Å². The Labute approximate surface area is 142 Å². The lowest BCUT2D eigenvalue weighted by Crippen LogP contribution is -2.20. The van der Waals surface area contributed by atoms with E-state index in [9.17, 15) is 22.8 Å². The first-order valence-electron chi connectivity index (χ1n) is 7.28. The second-order valence-corrected chi connectivity index (χ2v) is 5.07. The molecular formula is C18H15F3N2O2. The zero-order chi connectivity index (χ0) is 18.4. The summed E-state index contributed by atoms with van der Waals surface area (Å²) in [7, 11) is 1.48. The lowest BCUT2D eigenvalue weighted by Gasteiger charge is -2.08. The monoisotopic (exact) mass is 348 g/mol. The average molecular weight is 348 g/mol. The van der Waals surface area contributed by atoms with E-state index in [0.29, 0.717) is 16.8 Å². The lowest BCUT2D eigenvalue weighted by atomic mass is 10.1. The van der Waals surface area contributed by atoms with Gasteiger partial charge >= 0.3 is 6.18 Å². The predicted molar refractivity (Wildman–Crippen MR) is 88.9 cm³/mol.